The van der Waals surface area contributed by atoms with E-state index < -0.39 is 14.9 Å². The van der Waals surface area contributed by atoms with Crippen molar-refractivity contribution in [2.75, 3.05) is 18.4 Å². The van der Waals surface area contributed by atoms with Gasteiger partial charge < -0.3 is 5.32 Å². The van der Waals surface area contributed by atoms with E-state index in [9.17, 15) is 18.5 Å². The normalized spacial score (nSPS) is 15.2. The lowest BCUT2D eigenvalue weighted by molar-refractivity contribution is -0.387. The molecule has 0 atom stereocenters. The summed E-state index contributed by atoms with van der Waals surface area (Å²) in [6.07, 6.45) is 1.63. The molecule has 116 valence electrons. The first-order valence-electron chi connectivity index (χ1n) is 6.96. The fourth-order valence-corrected chi connectivity index (χ4v) is 4.18. The Bertz CT molecular complexity index is 641. The van der Waals surface area contributed by atoms with E-state index in [1.54, 1.807) is 6.92 Å². The molecule has 1 aliphatic rings. The molecule has 0 saturated heterocycles. The SMILES string of the molecule is CCNc1ccc([N+](=O)[O-])c(S(=O)(=O)N(CC)C2CC2)c1. The van der Waals surface area contributed by atoms with Crippen LogP contribution < -0.4 is 5.32 Å². The van der Waals surface area contributed by atoms with Crippen LogP contribution in [0, 0.1) is 10.1 Å². The Morgan fingerprint density at radius 1 is 1.38 bits per heavy atom. The molecule has 2 rings (SSSR count). The lowest BCUT2D eigenvalue weighted by Gasteiger charge is -2.20. The molecule has 0 bridgehead atoms. The number of nitrogens with zero attached hydrogens (tertiary/aromatic N) is 2. The summed E-state index contributed by atoms with van der Waals surface area (Å²) in [5, 5.41) is 14.1. The number of anilines is 1. The van der Waals surface area contributed by atoms with Crippen LogP contribution in [0.25, 0.3) is 0 Å². The average Bonchev–Trinajstić information content (AvgIpc) is 3.24. The van der Waals surface area contributed by atoms with Crippen LogP contribution in [0.1, 0.15) is 26.7 Å². The summed E-state index contributed by atoms with van der Waals surface area (Å²) >= 11 is 0. The molecule has 0 amide bonds. The van der Waals surface area contributed by atoms with E-state index in [0.29, 0.717) is 18.8 Å². The van der Waals surface area contributed by atoms with E-state index in [1.165, 1.54) is 22.5 Å². The Kier molecular flexibility index (Phi) is 4.48. The molecule has 1 fully saturated rings. The van der Waals surface area contributed by atoms with Gasteiger partial charge in [0, 0.05) is 30.9 Å². The maximum atomic E-state index is 12.7. The van der Waals surface area contributed by atoms with Gasteiger partial charge in [0.25, 0.3) is 5.69 Å². The predicted molar refractivity (Wildman–Crippen MR) is 79.8 cm³/mol. The molecule has 0 radical (unpaired) electrons. The number of sulfonamides is 1. The first-order chi connectivity index (χ1) is 9.91. The molecule has 0 aliphatic heterocycles. The van der Waals surface area contributed by atoms with Gasteiger partial charge in [-0.05, 0) is 31.9 Å². The van der Waals surface area contributed by atoms with Crippen molar-refractivity contribution in [2.24, 2.45) is 0 Å². The van der Waals surface area contributed by atoms with E-state index in [1.807, 2.05) is 6.92 Å². The van der Waals surface area contributed by atoms with E-state index in [4.69, 9.17) is 0 Å². The number of nitro groups is 1. The zero-order chi connectivity index (χ0) is 15.6. The van der Waals surface area contributed by atoms with Gasteiger partial charge in [-0.2, -0.15) is 4.31 Å². The Morgan fingerprint density at radius 3 is 2.52 bits per heavy atom. The molecule has 1 saturated carbocycles. The maximum Gasteiger partial charge on any atom is 0.289 e. The number of benzene rings is 1. The first-order valence-corrected chi connectivity index (χ1v) is 8.40. The van der Waals surface area contributed by atoms with Crippen molar-refractivity contribution < 1.29 is 13.3 Å². The molecule has 21 heavy (non-hydrogen) atoms. The van der Waals surface area contributed by atoms with Gasteiger partial charge in [-0.15, -0.1) is 0 Å². The van der Waals surface area contributed by atoms with E-state index in [0.717, 1.165) is 12.8 Å². The predicted octanol–water partition coefficient (Wildman–Crippen LogP) is 2.20. The van der Waals surface area contributed by atoms with E-state index in [-0.39, 0.29) is 16.6 Å². The number of nitro benzene ring substituents is 1. The summed E-state index contributed by atoms with van der Waals surface area (Å²) < 4.78 is 26.8. The summed E-state index contributed by atoms with van der Waals surface area (Å²) in [4.78, 5) is 10.3. The van der Waals surface area contributed by atoms with Crippen LogP contribution in [0.5, 0.6) is 0 Å². The lowest BCUT2D eigenvalue weighted by Crippen LogP contribution is -2.33. The van der Waals surface area contributed by atoms with Gasteiger partial charge in [-0.1, -0.05) is 6.92 Å². The molecular weight excluding hydrogens is 294 g/mol. The minimum Gasteiger partial charge on any atom is -0.385 e. The zero-order valence-electron chi connectivity index (χ0n) is 12.1. The Labute approximate surface area is 124 Å². The van der Waals surface area contributed by atoms with E-state index >= 15 is 0 Å². The monoisotopic (exact) mass is 313 g/mol. The van der Waals surface area contributed by atoms with Gasteiger partial charge in [0.1, 0.15) is 0 Å². The Hall–Kier alpha value is -1.67. The highest BCUT2D eigenvalue weighted by molar-refractivity contribution is 7.89. The van der Waals surface area contributed by atoms with E-state index in [2.05, 4.69) is 5.32 Å². The quantitative estimate of drug-likeness (QED) is 0.615. The van der Waals surface area contributed by atoms with Crippen LogP contribution in [0.2, 0.25) is 0 Å². The number of rotatable bonds is 7. The van der Waals surface area contributed by atoms with Crippen molar-refractivity contribution in [3.8, 4) is 0 Å². The first kappa shape index (κ1) is 15.7. The number of hydrogen-bond acceptors (Lipinski definition) is 5. The minimum absolute atomic E-state index is 0.0256. The van der Waals surface area contributed by atoms with Gasteiger partial charge in [-0.3, -0.25) is 10.1 Å². The maximum absolute atomic E-state index is 12.7. The summed E-state index contributed by atoms with van der Waals surface area (Å²) in [7, 11) is -3.85. The van der Waals surface area contributed by atoms with Crippen LogP contribution in [-0.4, -0.2) is 36.8 Å². The van der Waals surface area contributed by atoms with Gasteiger partial charge in [0.15, 0.2) is 4.90 Å². The van der Waals surface area contributed by atoms with Gasteiger partial charge >= 0.3 is 0 Å². The molecule has 7 nitrogen and oxygen atoms in total. The van der Waals surface area contributed by atoms with Crippen molar-refractivity contribution in [1.82, 2.24) is 4.31 Å². The highest BCUT2D eigenvalue weighted by Gasteiger charge is 2.39. The van der Waals surface area contributed by atoms with Crippen molar-refractivity contribution in [1.29, 1.82) is 0 Å². The molecule has 1 aromatic carbocycles. The minimum atomic E-state index is -3.85. The largest absolute Gasteiger partial charge is 0.385 e. The summed E-state index contributed by atoms with van der Waals surface area (Å²) in [5.74, 6) is 0. The molecule has 1 aliphatic carbocycles. The van der Waals surface area contributed by atoms with Gasteiger partial charge in [0.2, 0.25) is 10.0 Å². The van der Waals surface area contributed by atoms with Crippen molar-refractivity contribution in [3.63, 3.8) is 0 Å². The molecule has 8 heteroatoms. The van der Waals surface area contributed by atoms with Crippen molar-refractivity contribution >= 4 is 21.4 Å². The second-order valence-corrected chi connectivity index (χ2v) is 6.77. The Balaban J connectivity index is 2.53. The lowest BCUT2D eigenvalue weighted by atomic mass is 10.3. The van der Waals surface area contributed by atoms with Crippen LogP contribution in [-0.2, 0) is 10.0 Å². The molecule has 1 N–H and O–H groups in total. The standard InChI is InChI=1S/C13H19N3O4S/c1-3-14-10-5-8-12(16(17)18)13(9-10)21(19,20)15(4-2)11-6-7-11/h5,8-9,11,14H,3-4,6-7H2,1-2H3. The Morgan fingerprint density at radius 2 is 2.05 bits per heavy atom. The summed E-state index contributed by atoms with van der Waals surface area (Å²) in [5.41, 5.74) is 0.185. The molecule has 0 aromatic heterocycles. The van der Waals surface area contributed by atoms with Crippen LogP contribution in [0.3, 0.4) is 0 Å². The van der Waals surface area contributed by atoms with Gasteiger partial charge in [-0.25, -0.2) is 8.42 Å². The van der Waals surface area contributed by atoms with Crippen molar-refractivity contribution in [3.05, 3.63) is 28.3 Å². The zero-order valence-corrected chi connectivity index (χ0v) is 12.9. The summed E-state index contributed by atoms with van der Waals surface area (Å²) in [6, 6.07) is 4.09. The third-order valence-electron chi connectivity index (χ3n) is 3.39. The fourth-order valence-electron chi connectivity index (χ4n) is 2.30. The fraction of sp³-hybridized carbons (Fsp3) is 0.538. The topological polar surface area (TPSA) is 92.5 Å². The van der Waals surface area contributed by atoms with Gasteiger partial charge in [0.05, 0.1) is 4.92 Å². The molecule has 0 heterocycles. The average molecular weight is 313 g/mol. The smallest absolute Gasteiger partial charge is 0.289 e. The molecular formula is C13H19N3O4S. The molecule has 0 spiro atoms. The molecule has 0 unspecified atom stereocenters. The highest BCUT2D eigenvalue weighted by Crippen LogP contribution is 2.35. The number of hydrogen-bond donors (Lipinski definition) is 1. The molecule has 1 aromatic rings. The third-order valence-corrected chi connectivity index (χ3v) is 5.45. The second kappa shape index (κ2) is 5.98. The van der Waals surface area contributed by atoms with Crippen molar-refractivity contribution in [2.45, 2.75) is 37.6 Å². The third kappa shape index (κ3) is 3.16. The number of nitrogens with one attached hydrogen (secondary N) is 1. The van der Waals surface area contributed by atoms with Crippen LogP contribution >= 0.6 is 0 Å². The van der Waals surface area contributed by atoms with Crippen LogP contribution in [0.15, 0.2) is 23.1 Å². The second-order valence-electron chi connectivity index (χ2n) is 4.91. The highest BCUT2D eigenvalue weighted by atomic mass is 32.2. The van der Waals surface area contributed by atoms with Crippen LogP contribution in [0.4, 0.5) is 11.4 Å². The summed E-state index contributed by atoms with van der Waals surface area (Å²) in [6.45, 7) is 4.54.